The van der Waals surface area contributed by atoms with Crippen LogP contribution in [-0.2, 0) is 4.79 Å². The van der Waals surface area contributed by atoms with Crippen LogP contribution >= 0.6 is 0 Å². The van der Waals surface area contributed by atoms with Crippen molar-refractivity contribution < 1.29 is 19.6 Å². The number of rotatable bonds is 7. The summed E-state index contributed by atoms with van der Waals surface area (Å²) in [6.07, 6.45) is 0.602. The average molecular weight is 281 g/mol. The summed E-state index contributed by atoms with van der Waals surface area (Å²) >= 11 is 0. The summed E-state index contributed by atoms with van der Waals surface area (Å²) in [7, 11) is 0. The van der Waals surface area contributed by atoms with Crippen molar-refractivity contribution in [3.63, 3.8) is 0 Å². The summed E-state index contributed by atoms with van der Waals surface area (Å²) in [5.41, 5.74) is 5.05. The molecule has 0 radical (unpaired) electrons. The Bertz CT molecular complexity index is 544. The summed E-state index contributed by atoms with van der Waals surface area (Å²) in [5.74, 6) is -1.84. The van der Waals surface area contributed by atoms with E-state index < -0.39 is 23.3 Å². The molecule has 0 heterocycles. The van der Waals surface area contributed by atoms with Crippen molar-refractivity contribution in [1.29, 1.82) is 0 Å². The van der Waals surface area contributed by atoms with Gasteiger partial charge in [0.2, 0.25) is 5.91 Å². The van der Waals surface area contributed by atoms with E-state index in [0.717, 1.165) is 6.07 Å². The highest BCUT2D eigenvalue weighted by Crippen LogP contribution is 2.29. The van der Waals surface area contributed by atoms with Crippen LogP contribution in [0, 0.1) is 10.1 Å². The second-order valence-electron chi connectivity index (χ2n) is 4.14. The summed E-state index contributed by atoms with van der Waals surface area (Å²) < 4.78 is 0. The standard InChI is InChI=1S/C12H15N3O5/c1-2-5-14(7-11(16)17)10-6-8(12(13)18)3-4-9(10)15(19)20/h3-4,6H,2,5,7H2,1H3,(H2,13,18)(H,16,17). The van der Waals surface area contributed by atoms with Gasteiger partial charge < -0.3 is 15.7 Å². The maximum absolute atomic E-state index is 11.2. The fraction of sp³-hybridized carbons (Fsp3) is 0.333. The first kappa shape index (κ1) is 15.4. The van der Waals surface area contributed by atoms with Crippen molar-refractivity contribution >= 4 is 23.3 Å². The minimum Gasteiger partial charge on any atom is -0.480 e. The number of aliphatic carboxylic acids is 1. The van der Waals surface area contributed by atoms with Gasteiger partial charge in [-0.2, -0.15) is 0 Å². The van der Waals surface area contributed by atoms with E-state index in [9.17, 15) is 19.7 Å². The first-order valence-electron chi connectivity index (χ1n) is 5.91. The smallest absolute Gasteiger partial charge is 0.323 e. The van der Waals surface area contributed by atoms with Gasteiger partial charge in [-0.1, -0.05) is 6.92 Å². The van der Waals surface area contributed by atoms with Gasteiger partial charge in [-0.15, -0.1) is 0 Å². The SMILES string of the molecule is CCCN(CC(=O)O)c1cc(C(N)=O)ccc1[N+](=O)[O-]. The van der Waals surface area contributed by atoms with Gasteiger partial charge in [-0.05, 0) is 18.6 Å². The number of nitro benzene ring substituents is 1. The fourth-order valence-electron chi connectivity index (χ4n) is 1.80. The van der Waals surface area contributed by atoms with E-state index in [0.29, 0.717) is 13.0 Å². The summed E-state index contributed by atoms with van der Waals surface area (Å²) in [5, 5.41) is 19.9. The Morgan fingerprint density at radius 2 is 2.10 bits per heavy atom. The molecule has 0 aliphatic carbocycles. The van der Waals surface area contributed by atoms with Gasteiger partial charge in [0, 0.05) is 18.2 Å². The zero-order valence-corrected chi connectivity index (χ0v) is 10.9. The number of carboxylic acid groups (broad SMARTS) is 1. The number of primary amides is 1. The van der Waals surface area contributed by atoms with E-state index in [1.807, 2.05) is 6.92 Å². The number of benzene rings is 1. The number of amides is 1. The molecule has 1 aromatic carbocycles. The molecule has 0 aliphatic rings. The van der Waals surface area contributed by atoms with E-state index in [4.69, 9.17) is 10.8 Å². The molecule has 0 spiro atoms. The Kier molecular flexibility index (Phi) is 5.01. The summed E-state index contributed by atoms with van der Waals surface area (Å²) in [6, 6.07) is 3.65. The number of carbonyl (C=O) groups is 2. The molecule has 0 bridgehead atoms. The predicted molar refractivity (Wildman–Crippen MR) is 71.8 cm³/mol. The molecular formula is C12H15N3O5. The van der Waals surface area contributed by atoms with Crippen LogP contribution in [0.25, 0.3) is 0 Å². The highest BCUT2D eigenvalue weighted by Gasteiger charge is 2.22. The van der Waals surface area contributed by atoms with Crippen molar-refractivity contribution in [2.24, 2.45) is 5.73 Å². The molecular weight excluding hydrogens is 266 g/mol. The third-order valence-corrected chi connectivity index (χ3v) is 2.62. The minimum atomic E-state index is -1.11. The molecule has 0 unspecified atom stereocenters. The second-order valence-corrected chi connectivity index (χ2v) is 4.14. The first-order valence-corrected chi connectivity index (χ1v) is 5.91. The van der Waals surface area contributed by atoms with Crippen LogP contribution in [-0.4, -0.2) is 35.0 Å². The molecule has 0 aromatic heterocycles. The highest BCUT2D eigenvalue weighted by molar-refractivity contribution is 5.95. The number of hydrogen-bond acceptors (Lipinski definition) is 5. The van der Waals surface area contributed by atoms with E-state index in [-0.39, 0.29) is 16.9 Å². The zero-order valence-electron chi connectivity index (χ0n) is 10.9. The molecule has 8 heteroatoms. The normalized spacial score (nSPS) is 10.1. The molecule has 0 fully saturated rings. The van der Waals surface area contributed by atoms with Crippen molar-refractivity contribution in [2.75, 3.05) is 18.0 Å². The van der Waals surface area contributed by atoms with Crippen LogP contribution in [0.1, 0.15) is 23.7 Å². The maximum Gasteiger partial charge on any atom is 0.323 e. The molecule has 1 amide bonds. The van der Waals surface area contributed by atoms with E-state index >= 15 is 0 Å². The lowest BCUT2D eigenvalue weighted by Crippen LogP contribution is -2.31. The van der Waals surface area contributed by atoms with Gasteiger partial charge in [0.25, 0.3) is 5.69 Å². The number of carbonyl (C=O) groups excluding carboxylic acids is 1. The number of hydrogen-bond donors (Lipinski definition) is 2. The van der Waals surface area contributed by atoms with Crippen molar-refractivity contribution in [1.82, 2.24) is 0 Å². The van der Waals surface area contributed by atoms with E-state index in [1.54, 1.807) is 0 Å². The number of anilines is 1. The van der Waals surface area contributed by atoms with Crippen LogP contribution in [0.3, 0.4) is 0 Å². The lowest BCUT2D eigenvalue weighted by Gasteiger charge is -2.22. The maximum atomic E-state index is 11.2. The quantitative estimate of drug-likeness (QED) is 0.567. The molecule has 108 valence electrons. The van der Waals surface area contributed by atoms with Gasteiger partial charge in [-0.25, -0.2) is 0 Å². The second kappa shape index (κ2) is 6.50. The molecule has 8 nitrogen and oxygen atoms in total. The topological polar surface area (TPSA) is 127 Å². The Hall–Kier alpha value is -2.64. The molecule has 0 atom stereocenters. The Morgan fingerprint density at radius 1 is 1.45 bits per heavy atom. The van der Waals surface area contributed by atoms with Crippen LogP contribution in [0.15, 0.2) is 18.2 Å². The van der Waals surface area contributed by atoms with Crippen LogP contribution < -0.4 is 10.6 Å². The van der Waals surface area contributed by atoms with Gasteiger partial charge in [0.1, 0.15) is 12.2 Å². The van der Waals surface area contributed by atoms with Gasteiger partial charge >= 0.3 is 5.97 Å². The molecule has 0 saturated heterocycles. The van der Waals surface area contributed by atoms with Crippen molar-refractivity contribution in [3.05, 3.63) is 33.9 Å². The van der Waals surface area contributed by atoms with Gasteiger partial charge in [0.05, 0.1) is 4.92 Å². The first-order chi connectivity index (χ1) is 9.36. The van der Waals surface area contributed by atoms with Crippen LogP contribution in [0.5, 0.6) is 0 Å². The Labute approximate surface area is 114 Å². The summed E-state index contributed by atoms with van der Waals surface area (Å²) in [4.78, 5) is 33.7. The van der Waals surface area contributed by atoms with Crippen molar-refractivity contribution in [3.8, 4) is 0 Å². The molecule has 0 aliphatic heterocycles. The Balaban J connectivity index is 3.33. The van der Waals surface area contributed by atoms with Gasteiger partial charge in [-0.3, -0.25) is 19.7 Å². The number of nitrogens with zero attached hydrogens (tertiary/aromatic N) is 2. The predicted octanol–water partition coefficient (Wildman–Crippen LogP) is 0.995. The minimum absolute atomic E-state index is 0.0792. The largest absolute Gasteiger partial charge is 0.480 e. The third-order valence-electron chi connectivity index (χ3n) is 2.62. The molecule has 1 rings (SSSR count). The molecule has 3 N–H and O–H groups in total. The van der Waals surface area contributed by atoms with Crippen molar-refractivity contribution in [2.45, 2.75) is 13.3 Å². The van der Waals surface area contributed by atoms with Gasteiger partial charge in [0.15, 0.2) is 0 Å². The van der Waals surface area contributed by atoms with E-state index in [2.05, 4.69) is 0 Å². The number of nitrogens with two attached hydrogens (primary N) is 1. The van der Waals surface area contributed by atoms with E-state index in [1.165, 1.54) is 17.0 Å². The monoisotopic (exact) mass is 281 g/mol. The third kappa shape index (κ3) is 3.67. The lowest BCUT2D eigenvalue weighted by molar-refractivity contribution is -0.384. The zero-order chi connectivity index (χ0) is 15.3. The molecule has 1 aromatic rings. The lowest BCUT2D eigenvalue weighted by atomic mass is 10.1. The fourth-order valence-corrected chi connectivity index (χ4v) is 1.80. The average Bonchev–Trinajstić information content (AvgIpc) is 2.36. The molecule has 0 saturated carbocycles. The molecule has 20 heavy (non-hydrogen) atoms. The highest BCUT2D eigenvalue weighted by atomic mass is 16.6. The number of carboxylic acids is 1. The van der Waals surface area contributed by atoms with Crippen LogP contribution in [0.4, 0.5) is 11.4 Å². The summed E-state index contributed by atoms with van der Waals surface area (Å²) in [6.45, 7) is 1.74. The number of nitro groups is 1. The Morgan fingerprint density at radius 3 is 2.55 bits per heavy atom. The van der Waals surface area contributed by atoms with Crippen LogP contribution in [0.2, 0.25) is 0 Å².